The predicted octanol–water partition coefficient (Wildman–Crippen LogP) is 2.94. The van der Waals surface area contributed by atoms with Crippen molar-refractivity contribution in [2.24, 2.45) is 4.99 Å². The second kappa shape index (κ2) is 8.16. The van der Waals surface area contributed by atoms with E-state index in [0.717, 1.165) is 5.56 Å². The summed E-state index contributed by atoms with van der Waals surface area (Å²) in [5.74, 6) is 0.612. The molecule has 1 N–H and O–H groups in total. The fourth-order valence-corrected chi connectivity index (χ4v) is 4.59. The van der Waals surface area contributed by atoms with Crippen molar-refractivity contribution >= 4 is 21.8 Å². The van der Waals surface area contributed by atoms with Gasteiger partial charge in [0.05, 0.1) is 17.7 Å². The van der Waals surface area contributed by atoms with Gasteiger partial charge in [0.1, 0.15) is 17.6 Å². The lowest BCUT2D eigenvalue weighted by molar-refractivity contribution is -0.133. The smallest absolute Gasteiger partial charge is 0.263 e. The highest BCUT2D eigenvalue weighted by molar-refractivity contribution is 7.90. The highest BCUT2D eigenvalue weighted by Crippen LogP contribution is 2.23. The van der Waals surface area contributed by atoms with Gasteiger partial charge in [0.15, 0.2) is 0 Å². The van der Waals surface area contributed by atoms with E-state index in [1.165, 1.54) is 6.07 Å². The Morgan fingerprint density at radius 3 is 2.50 bits per heavy atom. The zero-order valence-electron chi connectivity index (χ0n) is 16.4. The van der Waals surface area contributed by atoms with Crippen LogP contribution in [0.4, 0.5) is 0 Å². The predicted molar refractivity (Wildman–Crippen MR) is 112 cm³/mol. The lowest BCUT2D eigenvalue weighted by Crippen LogP contribution is -2.37. The second-order valence-corrected chi connectivity index (χ2v) is 8.67. The number of sulfonamides is 1. The number of hydrogen-bond donors (Lipinski definition) is 1. The number of nitrogens with one attached hydrogen (secondary N) is 1. The van der Waals surface area contributed by atoms with Crippen molar-refractivity contribution in [3.8, 4) is 0 Å². The maximum absolute atomic E-state index is 13.2. The Morgan fingerprint density at radius 2 is 1.77 bits per heavy atom. The molecule has 1 amide bonds. The van der Waals surface area contributed by atoms with Crippen LogP contribution >= 0.6 is 0 Å². The van der Waals surface area contributed by atoms with E-state index < -0.39 is 16.1 Å². The Balaban J connectivity index is 1.60. The zero-order chi connectivity index (χ0) is 21.1. The monoisotopic (exact) mass is 423 g/mol. The maximum atomic E-state index is 13.2. The number of amidine groups is 1. The molecule has 0 saturated carbocycles. The summed E-state index contributed by atoms with van der Waals surface area (Å²) < 4.78 is 32.5. The van der Waals surface area contributed by atoms with Crippen molar-refractivity contribution in [3.63, 3.8) is 0 Å². The van der Waals surface area contributed by atoms with Crippen LogP contribution in [-0.2, 0) is 27.9 Å². The van der Waals surface area contributed by atoms with Crippen molar-refractivity contribution in [3.05, 3.63) is 89.9 Å². The van der Waals surface area contributed by atoms with Crippen LogP contribution in [0.15, 0.2) is 87.3 Å². The number of carbonyl (C=O) groups excluding carboxylic acids is 1. The van der Waals surface area contributed by atoms with E-state index in [1.807, 2.05) is 36.4 Å². The van der Waals surface area contributed by atoms with Gasteiger partial charge in [-0.25, -0.2) is 8.42 Å². The zero-order valence-corrected chi connectivity index (χ0v) is 17.2. The first-order valence-electron chi connectivity index (χ1n) is 9.49. The van der Waals surface area contributed by atoms with E-state index in [4.69, 9.17) is 4.42 Å². The van der Waals surface area contributed by atoms with Crippen LogP contribution in [-0.4, -0.2) is 31.1 Å². The van der Waals surface area contributed by atoms with Gasteiger partial charge in [0.2, 0.25) is 5.91 Å². The Kier molecular flexibility index (Phi) is 5.41. The molecule has 7 nitrogen and oxygen atoms in total. The molecule has 1 aromatic heterocycles. The average Bonchev–Trinajstić information content (AvgIpc) is 3.34. The number of carbonyl (C=O) groups is 1. The first-order chi connectivity index (χ1) is 14.4. The Bertz CT molecular complexity index is 1170. The topological polar surface area (TPSA) is 92.0 Å². The molecule has 1 aliphatic heterocycles. The molecule has 0 bridgehead atoms. The molecule has 3 aromatic rings. The molecule has 30 heavy (non-hydrogen) atoms. The van der Waals surface area contributed by atoms with Crippen molar-refractivity contribution < 1.29 is 17.6 Å². The van der Waals surface area contributed by atoms with Crippen molar-refractivity contribution in [2.45, 2.75) is 31.0 Å². The van der Waals surface area contributed by atoms with Crippen molar-refractivity contribution in [1.29, 1.82) is 0 Å². The molecule has 0 radical (unpaired) electrons. The number of fused-ring (bicyclic) bond motifs is 1. The van der Waals surface area contributed by atoms with Crippen LogP contribution in [0.1, 0.15) is 23.8 Å². The number of amides is 1. The van der Waals surface area contributed by atoms with E-state index in [0.29, 0.717) is 17.9 Å². The largest absolute Gasteiger partial charge is 0.467 e. The molecule has 0 unspecified atom stereocenters. The molecule has 4 rings (SSSR count). The lowest BCUT2D eigenvalue weighted by atomic mass is 10.1. The number of benzene rings is 2. The third-order valence-electron chi connectivity index (χ3n) is 4.80. The molecule has 0 saturated heterocycles. The summed E-state index contributed by atoms with van der Waals surface area (Å²) in [5.41, 5.74) is 1.45. The molecule has 2 heterocycles. The number of furan rings is 1. The summed E-state index contributed by atoms with van der Waals surface area (Å²) in [6.45, 7) is 2.33. The molecule has 1 aliphatic rings. The van der Waals surface area contributed by atoms with Crippen LogP contribution in [0.25, 0.3) is 0 Å². The minimum Gasteiger partial charge on any atom is -0.467 e. The quantitative estimate of drug-likeness (QED) is 0.660. The summed E-state index contributed by atoms with van der Waals surface area (Å²) in [6, 6.07) is 19.0. The summed E-state index contributed by atoms with van der Waals surface area (Å²) in [7, 11) is -3.66. The van der Waals surface area contributed by atoms with E-state index in [1.54, 1.807) is 42.4 Å². The first-order valence-corrected chi connectivity index (χ1v) is 11.0. The molecule has 8 heteroatoms. The molecule has 2 aromatic carbocycles. The molecule has 1 atom stereocenters. The van der Waals surface area contributed by atoms with Gasteiger partial charge in [-0.15, -0.1) is 0 Å². The summed E-state index contributed by atoms with van der Waals surface area (Å²) in [6.07, 6.45) is 1.56. The summed E-state index contributed by atoms with van der Waals surface area (Å²) in [5, 5.41) is 0. The van der Waals surface area contributed by atoms with Gasteiger partial charge in [-0.1, -0.05) is 42.5 Å². The van der Waals surface area contributed by atoms with E-state index in [2.05, 4.69) is 9.71 Å². The third-order valence-corrected chi connectivity index (χ3v) is 6.19. The average molecular weight is 423 g/mol. The number of aliphatic imine (C=N–C) groups is 1. The Labute approximate surface area is 175 Å². The minimum atomic E-state index is -3.66. The van der Waals surface area contributed by atoms with Gasteiger partial charge in [0, 0.05) is 12.1 Å². The van der Waals surface area contributed by atoms with Gasteiger partial charge >= 0.3 is 0 Å². The maximum Gasteiger partial charge on any atom is 0.263 e. The van der Waals surface area contributed by atoms with E-state index in [-0.39, 0.29) is 23.2 Å². The molecular formula is C22H21N3O4S. The van der Waals surface area contributed by atoms with E-state index >= 15 is 0 Å². The van der Waals surface area contributed by atoms with Crippen LogP contribution in [0.5, 0.6) is 0 Å². The molecule has 0 fully saturated rings. The van der Waals surface area contributed by atoms with Gasteiger partial charge < -0.3 is 9.32 Å². The summed E-state index contributed by atoms with van der Waals surface area (Å²) in [4.78, 5) is 19.5. The van der Waals surface area contributed by atoms with Gasteiger partial charge in [-0.2, -0.15) is 0 Å². The van der Waals surface area contributed by atoms with E-state index in [9.17, 15) is 13.2 Å². The van der Waals surface area contributed by atoms with Crippen LogP contribution < -0.4 is 4.72 Å². The second-order valence-electron chi connectivity index (χ2n) is 7.01. The SMILES string of the molecule is C[C@H](N=C1NS(=O)(=O)c2ccccc21)C(=O)N(Cc1ccccc1)Cc1ccco1. The van der Waals surface area contributed by atoms with Crippen molar-refractivity contribution in [2.75, 3.05) is 0 Å². The van der Waals surface area contributed by atoms with Crippen LogP contribution in [0.2, 0.25) is 0 Å². The van der Waals surface area contributed by atoms with Gasteiger partial charge in [-0.3, -0.25) is 14.5 Å². The first kappa shape index (κ1) is 19.9. The fourth-order valence-electron chi connectivity index (χ4n) is 3.35. The number of nitrogens with zero attached hydrogens (tertiary/aromatic N) is 2. The highest BCUT2D eigenvalue weighted by atomic mass is 32.2. The van der Waals surface area contributed by atoms with Gasteiger partial charge in [-0.05, 0) is 36.8 Å². The lowest BCUT2D eigenvalue weighted by Gasteiger charge is -2.24. The summed E-state index contributed by atoms with van der Waals surface area (Å²) >= 11 is 0. The Hall–Kier alpha value is -3.39. The highest BCUT2D eigenvalue weighted by Gasteiger charge is 2.31. The fraction of sp³-hybridized carbons (Fsp3) is 0.182. The standard InChI is InChI=1S/C22H21N3O4S/c1-16(23-21-19-11-5-6-12-20(19)30(27,28)24-21)22(26)25(15-18-10-7-13-29-18)14-17-8-3-2-4-9-17/h2-13,16H,14-15H2,1H3,(H,23,24)/t16-/m0/s1. The van der Waals surface area contributed by atoms with Crippen LogP contribution in [0, 0.1) is 0 Å². The molecule has 0 aliphatic carbocycles. The molecule has 0 spiro atoms. The number of hydrogen-bond acceptors (Lipinski definition) is 5. The Morgan fingerprint density at radius 1 is 1.03 bits per heavy atom. The van der Waals surface area contributed by atoms with Gasteiger partial charge in [0.25, 0.3) is 10.0 Å². The van der Waals surface area contributed by atoms with Crippen LogP contribution in [0.3, 0.4) is 0 Å². The minimum absolute atomic E-state index is 0.167. The normalized spacial score (nSPS) is 16.6. The number of rotatable bonds is 6. The molecular weight excluding hydrogens is 402 g/mol. The third kappa shape index (κ3) is 4.13. The molecule has 154 valence electrons. The van der Waals surface area contributed by atoms with Crippen molar-refractivity contribution in [1.82, 2.24) is 9.62 Å².